The highest BCUT2D eigenvalue weighted by Crippen LogP contribution is 2.26. The number of carbonyl (C=O) groups excluding carboxylic acids is 1. The average molecular weight is 393 g/mol. The van der Waals surface area contributed by atoms with Crippen molar-refractivity contribution in [1.82, 2.24) is 15.1 Å². The molecule has 6 heteroatoms. The quantitative estimate of drug-likeness (QED) is 0.675. The van der Waals surface area contributed by atoms with Crippen molar-refractivity contribution in [3.63, 3.8) is 0 Å². The van der Waals surface area contributed by atoms with E-state index in [1.807, 2.05) is 42.5 Å². The van der Waals surface area contributed by atoms with Gasteiger partial charge in [-0.2, -0.15) is 0 Å². The Morgan fingerprint density at radius 1 is 0.929 bits per heavy atom. The van der Waals surface area contributed by atoms with Crippen molar-refractivity contribution in [2.75, 3.05) is 18.4 Å². The largest absolute Gasteiger partial charge is 0.299 e. The van der Waals surface area contributed by atoms with E-state index in [2.05, 4.69) is 32.5 Å². The van der Waals surface area contributed by atoms with Crippen LogP contribution in [0.3, 0.4) is 0 Å². The third kappa shape index (κ3) is 4.82. The van der Waals surface area contributed by atoms with Crippen LogP contribution in [0.4, 0.5) is 5.13 Å². The molecule has 1 amide bonds. The maximum Gasteiger partial charge on any atom is 0.257 e. The lowest BCUT2D eigenvalue weighted by molar-refractivity contribution is 0.102. The second-order valence-corrected chi connectivity index (χ2v) is 8.10. The van der Waals surface area contributed by atoms with Gasteiger partial charge in [0.05, 0.1) is 0 Å². The van der Waals surface area contributed by atoms with Crippen LogP contribution in [-0.2, 0) is 6.54 Å². The number of amides is 1. The Morgan fingerprint density at radius 3 is 2.36 bits per heavy atom. The van der Waals surface area contributed by atoms with E-state index >= 15 is 0 Å². The Kier molecular flexibility index (Phi) is 6.09. The van der Waals surface area contributed by atoms with Crippen LogP contribution in [0.2, 0.25) is 0 Å². The molecule has 1 aliphatic heterocycles. The van der Waals surface area contributed by atoms with E-state index in [9.17, 15) is 4.79 Å². The third-order valence-corrected chi connectivity index (χ3v) is 5.87. The lowest BCUT2D eigenvalue weighted by Crippen LogP contribution is -2.24. The SMILES string of the molecule is O=C(Nc1nnc(-c2ccccc2)s1)c1ccc(CN2CCCCCC2)cc1. The van der Waals surface area contributed by atoms with Gasteiger partial charge in [0, 0.05) is 17.7 Å². The van der Waals surface area contributed by atoms with Crippen molar-refractivity contribution in [3.8, 4) is 10.6 Å². The van der Waals surface area contributed by atoms with E-state index in [0.29, 0.717) is 10.7 Å². The smallest absolute Gasteiger partial charge is 0.257 e. The predicted molar refractivity (Wildman–Crippen MR) is 113 cm³/mol. The summed E-state index contributed by atoms with van der Waals surface area (Å²) in [7, 11) is 0. The van der Waals surface area contributed by atoms with E-state index in [1.54, 1.807) is 0 Å². The van der Waals surface area contributed by atoms with E-state index in [-0.39, 0.29) is 5.91 Å². The molecule has 1 N–H and O–H groups in total. The molecule has 0 radical (unpaired) electrons. The summed E-state index contributed by atoms with van der Waals surface area (Å²) in [5.74, 6) is -0.155. The Balaban J connectivity index is 1.36. The molecule has 4 rings (SSSR count). The predicted octanol–water partition coefficient (Wildman–Crippen LogP) is 4.83. The highest BCUT2D eigenvalue weighted by atomic mass is 32.1. The highest BCUT2D eigenvalue weighted by molar-refractivity contribution is 7.18. The van der Waals surface area contributed by atoms with Gasteiger partial charge in [0.15, 0.2) is 0 Å². The second-order valence-electron chi connectivity index (χ2n) is 7.12. The number of nitrogens with zero attached hydrogens (tertiary/aromatic N) is 3. The molecule has 28 heavy (non-hydrogen) atoms. The molecule has 1 saturated heterocycles. The van der Waals surface area contributed by atoms with Gasteiger partial charge < -0.3 is 0 Å². The summed E-state index contributed by atoms with van der Waals surface area (Å²) in [5, 5.41) is 12.4. The minimum atomic E-state index is -0.155. The number of aromatic nitrogens is 2. The van der Waals surface area contributed by atoms with Crippen LogP contribution in [0.25, 0.3) is 10.6 Å². The van der Waals surface area contributed by atoms with Crippen molar-refractivity contribution in [3.05, 3.63) is 65.7 Å². The highest BCUT2D eigenvalue weighted by Gasteiger charge is 2.13. The molecule has 0 spiro atoms. The Morgan fingerprint density at radius 2 is 1.64 bits per heavy atom. The Labute approximate surface area is 169 Å². The van der Waals surface area contributed by atoms with Crippen molar-refractivity contribution in [2.45, 2.75) is 32.2 Å². The zero-order valence-electron chi connectivity index (χ0n) is 15.8. The molecule has 0 atom stereocenters. The lowest BCUT2D eigenvalue weighted by Gasteiger charge is -2.19. The first-order chi connectivity index (χ1) is 13.8. The lowest BCUT2D eigenvalue weighted by atomic mass is 10.1. The molecular formula is C22H24N4OS. The number of anilines is 1. The molecule has 2 aromatic carbocycles. The normalized spacial score (nSPS) is 15.1. The van der Waals surface area contributed by atoms with Crippen LogP contribution in [0.5, 0.6) is 0 Å². The average Bonchev–Trinajstić information content (AvgIpc) is 3.05. The number of rotatable bonds is 5. The van der Waals surface area contributed by atoms with Crippen LogP contribution in [-0.4, -0.2) is 34.1 Å². The minimum absolute atomic E-state index is 0.155. The molecule has 1 aliphatic rings. The molecule has 0 saturated carbocycles. The first kappa shape index (κ1) is 18.8. The summed E-state index contributed by atoms with van der Waals surface area (Å²) in [6, 6.07) is 17.7. The van der Waals surface area contributed by atoms with E-state index in [0.717, 1.165) is 17.1 Å². The van der Waals surface area contributed by atoms with Gasteiger partial charge in [0.1, 0.15) is 5.01 Å². The van der Waals surface area contributed by atoms with Crippen LogP contribution in [0.1, 0.15) is 41.6 Å². The zero-order valence-corrected chi connectivity index (χ0v) is 16.6. The van der Waals surface area contributed by atoms with E-state index in [4.69, 9.17) is 0 Å². The summed E-state index contributed by atoms with van der Waals surface area (Å²) in [4.78, 5) is 15.0. The van der Waals surface area contributed by atoms with E-state index in [1.165, 1.54) is 55.7 Å². The monoisotopic (exact) mass is 392 g/mol. The number of carbonyl (C=O) groups is 1. The van der Waals surface area contributed by atoms with Crippen molar-refractivity contribution in [2.24, 2.45) is 0 Å². The summed E-state index contributed by atoms with van der Waals surface area (Å²) < 4.78 is 0. The van der Waals surface area contributed by atoms with Gasteiger partial charge in [0.2, 0.25) is 5.13 Å². The third-order valence-electron chi connectivity index (χ3n) is 4.99. The molecule has 144 valence electrons. The Bertz CT molecular complexity index is 900. The van der Waals surface area contributed by atoms with Crippen molar-refractivity contribution in [1.29, 1.82) is 0 Å². The van der Waals surface area contributed by atoms with Crippen LogP contribution in [0.15, 0.2) is 54.6 Å². The number of hydrogen-bond donors (Lipinski definition) is 1. The van der Waals surface area contributed by atoms with Crippen LogP contribution >= 0.6 is 11.3 Å². The molecule has 0 bridgehead atoms. The van der Waals surface area contributed by atoms with E-state index < -0.39 is 0 Å². The van der Waals surface area contributed by atoms with Crippen molar-refractivity contribution >= 4 is 22.4 Å². The first-order valence-electron chi connectivity index (χ1n) is 9.79. The fourth-order valence-electron chi connectivity index (χ4n) is 3.45. The van der Waals surface area contributed by atoms with Crippen molar-refractivity contribution < 1.29 is 4.79 Å². The number of benzene rings is 2. The first-order valence-corrected chi connectivity index (χ1v) is 10.6. The number of hydrogen-bond acceptors (Lipinski definition) is 5. The summed E-state index contributed by atoms with van der Waals surface area (Å²) >= 11 is 1.38. The molecule has 2 heterocycles. The number of likely N-dealkylation sites (tertiary alicyclic amines) is 1. The van der Waals surface area contributed by atoms with Crippen LogP contribution < -0.4 is 5.32 Å². The maximum absolute atomic E-state index is 12.5. The minimum Gasteiger partial charge on any atom is -0.299 e. The summed E-state index contributed by atoms with van der Waals surface area (Å²) in [6.07, 6.45) is 5.25. The maximum atomic E-state index is 12.5. The molecule has 3 aromatic rings. The second kappa shape index (κ2) is 9.08. The molecule has 0 aliphatic carbocycles. The van der Waals surface area contributed by atoms with Gasteiger partial charge in [-0.05, 0) is 43.6 Å². The van der Waals surface area contributed by atoms with Gasteiger partial charge in [-0.15, -0.1) is 10.2 Å². The Hall–Kier alpha value is -2.57. The molecule has 1 fully saturated rings. The standard InChI is InChI=1S/C22H24N4OS/c27-20(23-22-25-24-21(28-22)19-8-4-3-5-9-19)18-12-10-17(11-13-18)16-26-14-6-1-2-7-15-26/h3-5,8-13H,1-2,6-7,14-16H2,(H,23,25,27). The molecule has 1 aromatic heterocycles. The fraction of sp³-hybridized carbons (Fsp3) is 0.318. The molecule has 5 nitrogen and oxygen atoms in total. The van der Waals surface area contributed by atoms with Crippen LogP contribution in [0, 0.1) is 0 Å². The summed E-state index contributed by atoms with van der Waals surface area (Å²) in [5.41, 5.74) is 2.88. The fourth-order valence-corrected chi connectivity index (χ4v) is 4.20. The van der Waals surface area contributed by atoms with Gasteiger partial charge in [-0.1, -0.05) is 66.6 Å². The van der Waals surface area contributed by atoms with Gasteiger partial charge in [-0.25, -0.2) is 0 Å². The zero-order chi connectivity index (χ0) is 19.2. The molecular weight excluding hydrogens is 368 g/mol. The van der Waals surface area contributed by atoms with Gasteiger partial charge in [-0.3, -0.25) is 15.0 Å². The number of nitrogens with one attached hydrogen (secondary N) is 1. The summed E-state index contributed by atoms with van der Waals surface area (Å²) in [6.45, 7) is 3.30. The topological polar surface area (TPSA) is 58.1 Å². The van der Waals surface area contributed by atoms with Gasteiger partial charge in [0.25, 0.3) is 5.91 Å². The van der Waals surface area contributed by atoms with Gasteiger partial charge >= 0.3 is 0 Å². The molecule has 0 unspecified atom stereocenters.